The number of nitrogens with zero attached hydrogens (tertiary/aromatic N) is 2. The number of rotatable bonds is 5. The second-order valence-corrected chi connectivity index (χ2v) is 6.15. The second-order valence-electron chi connectivity index (χ2n) is 6.15. The Kier molecular flexibility index (Phi) is 5.93. The Bertz CT molecular complexity index is 738. The molecule has 3 rings (SSSR count). The van der Waals surface area contributed by atoms with Gasteiger partial charge in [-0.2, -0.15) is 0 Å². The molecule has 25 heavy (non-hydrogen) atoms. The summed E-state index contributed by atoms with van der Waals surface area (Å²) < 4.78 is 5.39. The fraction of sp³-hybridized carbons (Fsp3) is 0.300. The van der Waals surface area contributed by atoms with Gasteiger partial charge in [-0.1, -0.05) is 18.2 Å². The van der Waals surface area contributed by atoms with Crippen LogP contribution in [0.2, 0.25) is 0 Å². The number of ether oxygens (including phenoxy) is 1. The summed E-state index contributed by atoms with van der Waals surface area (Å²) in [5, 5.41) is 2.97. The molecule has 0 spiro atoms. The quantitative estimate of drug-likeness (QED) is 0.853. The van der Waals surface area contributed by atoms with Crippen molar-refractivity contribution in [1.82, 2.24) is 9.88 Å². The molecule has 0 aliphatic carbocycles. The molecular formula is C20H23N3O2. The van der Waals surface area contributed by atoms with E-state index in [1.165, 1.54) is 11.6 Å². The largest absolute Gasteiger partial charge is 0.379 e. The maximum Gasteiger partial charge on any atom is 0.248 e. The van der Waals surface area contributed by atoms with Crippen molar-refractivity contribution in [2.75, 3.05) is 31.6 Å². The van der Waals surface area contributed by atoms with E-state index in [0.29, 0.717) is 0 Å². The van der Waals surface area contributed by atoms with Gasteiger partial charge in [0, 0.05) is 43.8 Å². The molecule has 1 amide bonds. The number of carbonyl (C=O) groups excluding carboxylic acids is 1. The molecule has 1 aromatic heterocycles. The van der Waals surface area contributed by atoms with Gasteiger partial charge < -0.3 is 10.1 Å². The van der Waals surface area contributed by atoms with Crippen molar-refractivity contribution in [2.24, 2.45) is 0 Å². The summed E-state index contributed by atoms with van der Waals surface area (Å²) in [5.41, 5.74) is 4.00. The first-order valence-corrected chi connectivity index (χ1v) is 8.49. The van der Waals surface area contributed by atoms with Crippen LogP contribution in [-0.4, -0.2) is 42.1 Å². The maximum atomic E-state index is 12.2. The Balaban J connectivity index is 1.63. The van der Waals surface area contributed by atoms with Crippen molar-refractivity contribution in [1.29, 1.82) is 0 Å². The van der Waals surface area contributed by atoms with E-state index >= 15 is 0 Å². The Hall–Kier alpha value is -2.50. The number of pyridine rings is 1. The van der Waals surface area contributed by atoms with Crippen molar-refractivity contribution in [3.05, 3.63) is 65.5 Å². The number of carbonyl (C=O) groups is 1. The Labute approximate surface area is 148 Å². The molecule has 1 aliphatic heterocycles. The molecule has 0 unspecified atom stereocenters. The number of nitrogens with one attached hydrogen (secondary N) is 1. The fourth-order valence-corrected chi connectivity index (χ4v) is 2.74. The van der Waals surface area contributed by atoms with E-state index in [4.69, 9.17) is 4.74 Å². The van der Waals surface area contributed by atoms with Crippen LogP contribution in [0, 0.1) is 6.92 Å². The molecule has 2 heterocycles. The smallest absolute Gasteiger partial charge is 0.248 e. The number of morpholine rings is 1. The maximum absolute atomic E-state index is 12.2. The number of aryl methyl sites for hydroxylation is 1. The van der Waals surface area contributed by atoms with Crippen molar-refractivity contribution in [3.63, 3.8) is 0 Å². The Morgan fingerprint density at radius 3 is 2.92 bits per heavy atom. The summed E-state index contributed by atoms with van der Waals surface area (Å²) >= 11 is 0. The van der Waals surface area contributed by atoms with Gasteiger partial charge in [0.2, 0.25) is 5.91 Å². The van der Waals surface area contributed by atoms with Crippen LogP contribution in [0.4, 0.5) is 5.69 Å². The van der Waals surface area contributed by atoms with Crippen molar-refractivity contribution < 1.29 is 9.53 Å². The highest BCUT2D eigenvalue weighted by Gasteiger charge is 2.11. The highest BCUT2D eigenvalue weighted by Crippen LogP contribution is 2.19. The molecule has 1 aromatic carbocycles. The van der Waals surface area contributed by atoms with E-state index in [9.17, 15) is 4.79 Å². The summed E-state index contributed by atoms with van der Waals surface area (Å²) in [5.74, 6) is -0.143. The number of hydrogen-bond acceptors (Lipinski definition) is 4. The summed E-state index contributed by atoms with van der Waals surface area (Å²) in [6, 6.07) is 9.98. The Morgan fingerprint density at radius 2 is 2.16 bits per heavy atom. The van der Waals surface area contributed by atoms with Gasteiger partial charge in [0.15, 0.2) is 0 Å². The lowest BCUT2D eigenvalue weighted by Gasteiger charge is -2.26. The van der Waals surface area contributed by atoms with Crippen LogP contribution in [-0.2, 0) is 16.1 Å². The molecule has 1 aliphatic rings. The van der Waals surface area contributed by atoms with Crippen LogP contribution in [0.25, 0.3) is 6.08 Å². The van der Waals surface area contributed by atoms with Crippen molar-refractivity contribution in [2.45, 2.75) is 13.5 Å². The lowest BCUT2D eigenvalue weighted by Crippen LogP contribution is -2.35. The summed E-state index contributed by atoms with van der Waals surface area (Å²) in [6.07, 6.45) is 6.72. The van der Waals surface area contributed by atoms with Gasteiger partial charge in [-0.05, 0) is 41.8 Å². The first kappa shape index (κ1) is 17.3. The second kappa shape index (κ2) is 8.55. The average molecular weight is 337 g/mol. The number of anilines is 1. The lowest BCUT2D eigenvalue weighted by molar-refractivity contribution is -0.111. The van der Waals surface area contributed by atoms with Crippen molar-refractivity contribution >= 4 is 17.7 Å². The monoisotopic (exact) mass is 337 g/mol. The molecule has 1 fully saturated rings. The molecule has 0 saturated carbocycles. The van der Waals surface area contributed by atoms with Crippen LogP contribution < -0.4 is 5.32 Å². The summed E-state index contributed by atoms with van der Waals surface area (Å²) in [6.45, 7) is 6.34. The predicted octanol–water partition coefficient (Wildman–Crippen LogP) is 2.87. The average Bonchev–Trinajstić information content (AvgIpc) is 2.64. The fourth-order valence-electron chi connectivity index (χ4n) is 2.74. The van der Waals surface area contributed by atoms with Gasteiger partial charge in [-0.15, -0.1) is 0 Å². The Morgan fingerprint density at radius 1 is 1.32 bits per heavy atom. The number of hydrogen-bond donors (Lipinski definition) is 1. The van der Waals surface area contributed by atoms with Gasteiger partial charge in [-0.3, -0.25) is 14.7 Å². The molecule has 5 nitrogen and oxygen atoms in total. The van der Waals surface area contributed by atoms with Gasteiger partial charge >= 0.3 is 0 Å². The van der Waals surface area contributed by atoms with Crippen LogP contribution in [0.15, 0.2) is 48.8 Å². The molecule has 1 N–H and O–H groups in total. The van der Waals surface area contributed by atoms with Gasteiger partial charge in [-0.25, -0.2) is 0 Å². The van der Waals surface area contributed by atoms with Crippen LogP contribution >= 0.6 is 0 Å². The topological polar surface area (TPSA) is 54.5 Å². The molecule has 2 aromatic rings. The van der Waals surface area contributed by atoms with E-state index in [1.54, 1.807) is 18.5 Å². The molecular weight excluding hydrogens is 314 g/mol. The van der Waals surface area contributed by atoms with E-state index in [1.807, 2.05) is 19.1 Å². The molecule has 130 valence electrons. The molecule has 1 saturated heterocycles. The third kappa shape index (κ3) is 5.24. The van der Waals surface area contributed by atoms with E-state index in [2.05, 4.69) is 33.4 Å². The summed E-state index contributed by atoms with van der Waals surface area (Å²) in [4.78, 5) is 18.6. The molecule has 0 radical (unpaired) electrons. The normalized spacial score (nSPS) is 15.4. The van der Waals surface area contributed by atoms with Gasteiger partial charge in [0.05, 0.1) is 13.2 Å². The third-order valence-corrected chi connectivity index (χ3v) is 4.18. The van der Waals surface area contributed by atoms with Crippen molar-refractivity contribution in [3.8, 4) is 0 Å². The summed E-state index contributed by atoms with van der Waals surface area (Å²) in [7, 11) is 0. The molecule has 0 atom stereocenters. The zero-order valence-electron chi connectivity index (χ0n) is 14.4. The minimum atomic E-state index is -0.143. The zero-order chi connectivity index (χ0) is 17.5. The van der Waals surface area contributed by atoms with E-state index in [0.717, 1.165) is 49.7 Å². The molecule has 5 heteroatoms. The minimum absolute atomic E-state index is 0.143. The highest BCUT2D eigenvalue weighted by molar-refractivity contribution is 6.02. The van der Waals surface area contributed by atoms with Gasteiger partial charge in [0.25, 0.3) is 0 Å². The number of amides is 1. The van der Waals surface area contributed by atoms with Crippen LogP contribution in [0.1, 0.15) is 16.7 Å². The standard InChI is InChI=1S/C20H23N3O2/c1-16-4-5-18(15-23-9-11-25-12-10-23)13-19(16)22-20(24)7-6-17-3-2-8-21-14-17/h2-8,13-14H,9-12,15H2,1H3,(H,22,24)/b7-6+. The van der Waals surface area contributed by atoms with E-state index < -0.39 is 0 Å². The number of benzene rings is 1. The first-order valence-electron chi connectivity index (χ1n) is 8.49. The van der Waals surface area contributed by atoms with Crippen LogP contribution in [0.3, 0.4) is 0 Å². The minimum Gasteiger partial charge on any atom is -0.379 e. The third-order valence-electron chi connectivity index (χ3n) is 4.18. The highest BCUT2D eigenvalue weighted by atomic mass is 16.5. The number of aromatic nitrogens is 1. The van der Waals surface area contributed by atoms with Gasteiger partial charge in [0.1, 0.15) is 0 Å². The molecule has 0 bridgehead atoms. The van der Waals surface area contributed by atoms with E-state index in [-0.39, 0.29) is 5.91 Å². The lowest BCUT2D eigenvalue weighted by atomic mass is 10.1. The predicted molar refractivity (Wildman–Crippen MR) is 99.2 cm³/mol. The first-order chi connectivity index (χ1) is 12.2. The SMILES string of the molecule is Cc1ccc(CN2CCOCC2)cc1NC(=O)/C=C/c1cccnc1. The van der Waals surface area contributed by atoms with Crippen LogP contribution in [0.5, 0.6) is 0 Å². The zero-order valence-corrected chi connectivity index (χ0v) is 14.4.